The minimum atomic E-state index is -2.38. The van der Waals surface area contributed by atoms with E-state index >= 15 is 8.78 Å². The fourth-order valence-electron chi connectivity index (χ4n) is 14.1. The molecular formula is C79H100F2Ge4N2O4. The zero-order valence-electron chi connectivity index (χ0n) is 58.6. The first kappa shape index (κ1) is 68.5. The molecule has 0 aliphatic carbocycles. The number of hydrogen-bond acceptors (Lipinski definition) is 4. The molecule has 8 aromatic carbocycles. The first-order valence-electron chi connectivity index (χ1n) is 32.8. The zero-order valence-corrected chi connectivity index (χ0v) is 67.0. The van der Waals surface area contributed by atoms with Crippen molar-refractivity contribution in [3.63, 3.8) is 0 Å². The molecule has 0 unspecified atom stereocenters. The first-order chi connectivity index (χ1) is 42.0. The van der Waals surface area contributed by atoms with Gasteiger partial charge in [0.25, 0.3) is 0 Å². The number of phenols is 2. The Kier molecular flexibility index (Phi) is 18.4. The van der Waals surface area contributed by atoms with E-state index in [1.165, 1.54) is 41.8 Å². The van der Waals surface area contributed by atoms with Crippen molar-refractivity contribution in [3.05, 3.63) is 156 Å². The van der Waals surface area contributed by atoms with Gasteiger partial charge in [0.2, 0.25) is 0 Å². The van der Waals surface area contributed by atoms with Gasteiger partial charge in [-0.3, -0.25) is 0 Å². The third-order valence-corrected chi connectivity index (χ3v) is 35.6. The molecule has 10 aromatic rings. The summed E-state index contributed by atoms with van der Waals surface area (Å²) in [5, 5.41) is 30.8. The van der Waals surface area contributed by atoms with Gasteiger partial charge < -0.3 is 0 Å². The van der Waals surface area contributed by atoms with Crippen LogP contribution in [0.4, 0.5) is 8.78 Å². The molecule has 2 aromatic heterocycles. The van der Waals surface area contributed by atoms with Gasteiger partial charge in [0.05, 0.1) is 0 Å². The van der Waals surface area contributed by atoms with Gasteiger partial charge in [0, 0.05) is 0 Å². The second-order valence-electron chi connectivity index (χ2n) is 34.0. The summed E-state index contributed by atoms with van der Waals surface area (Å²) in [6, 6.07) is 45.3. The molecule has 0 radical (unpaired) electrons. The third kappa shape index (κ3) is 14.3. The van der Waals surface area contributed by atoms with Crippen molar-refractivity contribution < 1.29 is 28.5 Å². The summed E-state index contributed by atoms with van der Waals surface area (Å²) in [5.74, 6) is 29.0. The molecule has 2 heterocycles. The van der Waals surface area contributed by atoms with Crippen LogP contribution < -0.4 is 27.1 Å². The summed E-state index contributed by atoms with van der Waals surface area (Å²) in [6.45, 7) is 23.0. The maximum absolute atomic E-state index is 16.0. The van der Waals surface area contributed by atoms with Crippen molar-refractivity contribution in [3.8, 4) is 56.6 Å². The molecule has 0 aliphatic heterocycles. The predicted octanol–water partition coefficient (Wildman–Crippen LogP) is 20.4. The van der Waals surface area contributed by atoms with Gasteiger partial charge in [-0.15, -0.1) is 0 Å². The number of hydrogen-bond donors (Lipinski definition) is 2. The molecule has 0 spiro atoms. The second kappa shape index (κ2) is 24.4. The van der Waals surface area contributed by atoms with Crippen LogP contribution in [-0.2, 0) is 10.8 Å². The first-order valence-corrected chi connectivity index (χ1v) is 62.2. The summed E-state index contributed by atoms with van der Waals surface area (Å²) in [4.78, 5) is 0. The molecule has 0 amide bonds. The Morgan fingerprint density at radius 1 is 0.363 bits per heavy atom. The predicted molar refractivity (Wildman–Crippen MR) is 397 cm³/mol. The number of phenolic OH excluding ortho intramolecular Hbond substituents is 2. The van der Waals surface area contributed by atoms with Crippen LogP contribution in [0.1, 0.15) is 99.6 Å². The van der Waals surface area contributed by atoms with Crippen molar-refractivity contribution in [2.75, 3.05) is 13.2 Å². The molecule has 10 rings (SSSR count). The van der Waals surface area contributed by atoms with Crippen molar-refractivity contribution >= 4 is 114 Å². The van der Waals surface area contributed by atoms with Crippen LogP contribution in [0.3, 0.4) is 0 Å². The number of benzene rings is 8. The van der Waals surface area contributed by atoms with Crippen LogP contribution in [0.25, 0.3) is 77.2 Å². The van der Waals surface area contributed by atoms with Crippen LogP contribution in [0.15, 0.2) is 133 Å². The monoisotopic (exact) mass is 1470 g/mol. The number of aromatic nitrogens is 2. The van der Waals surface area contributed by atoms with E-state index in [0.29, 0.717) is 51.5 Å². The topological polar surface area (TPSA) is 68.8 Å². The van der Waals surface area contributed by atoms with E-state index in [0.717, 1.165) is 67.6 Å². The number of rotatable bonds is 18. The van der Waals surface area contributed by atoms with Crippen LogP contribution in [0, 0.1) is 22.5 Å². The van der Waals surface area contributed by atoms with Crippen LogP contribution in [-0.4, -0.2) is 85.6 Å². The Hall–Kier alpha value is -5.41. The molecule has 0 saturated carbocycles. The van der Waals surface area contributed by atoms with Crippen molar-refractivity contribution in [1.82, 2.24) is 9.13 Å². The maximum atomic E-state index is 16.0. The Balaban J connectivity index is 1.05. The van der Waals surface area contributed by atoms with Crippen molar-refractivity contribution in [1.29, 1.82) is 0 Å². The van der Waals surface area contributed by atoms with Crippen LogP contribution in [0.5, 0.6) is 23.0 Å². The molecular weight excluding hydrogens is 1370 g/mol. The molecule has 480 valence electrons. The van der Waals surface area contributed by atoms with Gasteiger partial charge in [-0.25, -0.2) is 0 Å². The Labute approximate surface area is 552 Å². The summed E-state index contributed by atoms with van der Waals surface area (Å²) < 4.78 is 55.5. The third-order valence-electron chi connectivity index (χ3n) is 18.4. The van der Waals surface area contributed by atoms with Crippen molar-refractivity contribution in [2.45, 2.75) is 168 Å². The van der Waals surface area contributed by atoms with Gasteiger partial charge in [0.15, 0.2) is 0 Å². The molecule has 0 bridgehead atoms. The molecule has 6 nitrogen and oxygen atoms in total. The Morgan fingerprint density at radius 2 is 0.648 bits per heavy atom. The number of ether oxygens (including phenoxy) is 2. The summed E-state index contributed by atoms with van der Waals surface area (Å²) in [7, 11) is 0. The van der Waals surface area contributed by atoms with Crippen molar-refractivity contribution in [2.24, 2.45) is 10.8 Å². The quantitative estimate of drug-likeness (QED) is 0.0664. The average Bonchev–Trinajstić information content (AvgIpc) is 1.61. The van der Waals surface area contributed by atoms with Crippen LogP contribution in [0.2, 0.25) is 69.1 Å². The molecule has 0 fully saturated rings. The second-order valence-corrected chi connectivity index (χ2v) is 76.6. The fourth-order valence-corrected chi connectivity index (χ4v) is 23.8. The Morgan fingerprint density at radius 3 is 0.912 bits per heavy atom. The van der Waals surface area contributed by atoms with E-state index in [1.54, 1.807) is 12.1 Å². The SMILES string of the molecule is CC(C)(C)CC(C)(C)c1cc(-c2cc(F)ccc2OCCCOc2ccc(F)cc2-c2cc(C(C)(C)CC(C)(C)C)cc(-n3c4c[c]([Ge]([CH3])([CH3])[CH3])ccc4c4cc[c]([Ge]([CH3])([CH3])[CH3])cc43)c2O)c(O)c(-n2c3c[c]([Ge]([CH3])([CH3])[CH3])ccc3c3cc[c]([Ge]([CH3])([CH3])[CH3])cc32)c1. The molecule has 12 heteroatoms. The summed E-state index contributed by atoms with van der Waals surface area (Å²) >= 11 is -9.50. The minimum absolute atomic E-state index is 0.0274. The standard InChI is InChI=1S/C79H100F2Ge4N2O4/c1-76(2,3)48-78(7,8)50-38-64(74(88)70(40-50)86-66-44-54(82(11,12)13)26-30-58(66)59-31-27-55(45-67(59)86)83(14,15)16)62-42-52(80)24-34-72(62)90-36-23-37-91-73-35-25-53(81)43-63(73)65-39-51(79(9,10)49-77(4,5)6)41-71(75(65)89)87-68-46-56(84(17,18)19)28-32-60(68)61-33-29-57(47-69(61)87)85(20,21)22/h24-35,38-47,88-89H,23,36-37,48-49H2,1-22H3. The van der Waals surface area contributed by atoms with Gasteiger partial charge in [0.1, 0.15) is 0 Å². The number of fused-ring (bicyclic) bond motifs is 6. The van der Waals surface area contributed by atoms with E-state index < -0.39 is 64.7 Å². The van der Waals surface area contributed by atoms with Crippen LogP contribution >= 0.6 is 0 Å². The van der Waals surface area contributed by atoms with E-state index in [9.17, 15) is 10.2 Å². The van der Waals surface area contributed by atoms with E-state index in [2.05, 4.69) is 232 Å². The van der Waals surface area contributed by atoms with Gasteiger partial charge in [-0.05, 0) is 0 Å². The summed E-state index contributed by atoms with van der Waals surface area (Å²) in [6.07, 6.45) is 2.11. The van der Waals surface area contributed by atoms with Gasteiger partial charge >= 0.3 is 557 Å². The normalized spacial score (nSPS) is 13.4. The summed E-state index contributed by atoms with van der Waals surface area (Å²) in [5.41, 5.74) is 8.62. The molecule has 0 saturated heterocycles. The molecule has 2 N–H and O–H groups in total. The average molecular weight is 1470 g/mol. The van der Waals surface area contributed by atoms with Gasteiger partial charge in [-0.2, -0.15) is 0 Å². The number of nitrogens with zero attached hydrogens (tertiary/aromatic N) is 2. The molecule has 0 atom stereocenters. The number of aromatic hydroxyl groups is 2. The van der Waals surface area contributed by atoms with E-state index in [-0.39, 0.29) is 46.4 Å². The zero-order chi connectivity index (χ0) is 66.7. The Bertz CT molecular complexity index is 4030. The molecule has 0 aliphatic rings. The molecule has 91 heavy (non-hydrogen) atoms. The van der Waals surface area contributed by atoms with E-state index in [4.69, 9.17) is 9.47 Å². The van der Waals surface area contributed by atoms with Gasteiger partial charge in [-0.1, -0.05) is 0 Å². The fraction of sp³-hybridized carbons (Fsp3) is 0.392. The van der Waals surface area contributed by atoms with E-state index in [1.807, 2.05) is 12.1 Å². The number of halogens is 2.